The average molecular weight is 558 g/mol. The van der Waals surface area contributed by atoms with Crippen molar-refractivity contribution in [1.82, 2.24) is 4.31 Å². The predicted octanol–water partition coefficient (Wildman–Crippen LogP) is 6.35. The monoisotopic (exact) mass is 557 g/mol. The van der Waals surface area contributed by atoms with Crippen LogP contribution in [0.2, 0.25) is 4.34 Å². The van der Waals surface area contributed by atoms with Crippen molar-refractivity contribution in [2.75, 3.05) is 6.54 Å². The predicted molar refractivity (Wildman–Crippen MR) is 132 cm³/mol. The largest absolute Gasteiger partial charge is 0.488 e. The first-order chi connectivity index (χ1) is 17.1. The number of Topliss-reactive ketones (excluding diaryl/α,β-unsaturated/α-hetero) is 1. The fourth-order valence-electron chi connectivity index (χ4n) is 4.13. The summed E-state index contributed by atoms with van der Waals surface area (Å²) >= 11 is 6.86. The van der Waals surface area contributed by atoms with Crippen molar-refractivity contribution in [3.8, 4) is 5.75 Å². The molecule has 36 heavy (non-hydrogen) atoms. The molecule has 0 N–H and O–H groups in total. The summed E-state index contributed by atoms with van der Waals surface area (Å²) in [5.74, 6) is -0.379. The number of sulfonamides is 1. The molecule has 0 amide bonds. The van der Waals surface area contributed by atoms with E-state index < -0.39 is 27.8 Å². The van der Waals surface area contributed by atoms with Gasteiger partial charge in [0, 0.05) is 13.0 Å². The lowest BCUT2D eigenvalue weighted by Crippen LogP contribution is -2.40. The Hall–Kier alpha value is -2.40. The Morgan fingerprint density at radius 2 is 1.75 bits per heavy atom. The molecule has 0 saturated carbocycles. The minimum absolute atomic E-state index is 0.0338. The van der Waals surface area contributed by atoms with Crippen molar-refractivity contribution in [3.05, 3.63) is 81.7 Å². The van der Waals surface area contributed by atoms with E-state index in [2.05, 4.69) is 0 Å². The Morgan fingerprint density at radius 3 is 2.42 bits per heavy atom. The molecule has 0 unspecified atom stereocenters. The quantitative estimate of drug-likeness (QED) is 0.307. The van der Waals surface area contributed by atoms with Crippen molar-refractivity contribution in [1.29, 1.82) is 0 Å². The number of carbonyl (C=O) groups excluding carboxylic acids is 1. The molecule has 1 aliphatic rings. The molecule has 4 rings (SSSR count). The van der Waals surface area contributed by atoms with E-state index in [0.717, 1.165) is 23.0 Å². The maximum absolute atomic E-state index is 13.1. The van der Waals surface area contributed by atoms with Crippen molar-refractivity contribution < 1.29 is 31.1 Å². The summed E-state index contributed by atoms with van der Waals surface area (Å²) in [6.07, 6.45) is -2.81. The highest BCUT2D eigenvalue weighted by molar-refractivity contribution is 7.91. The van der Waals surface area contributed by atoms with Crippen LogP contribution < -0.4 is 4.74 Å². The lowest BCUT2D eigenvalue weighted by Gasteiger charge is -2.22. The molecule has 1 fully saturated rings. The highest BCUT2D eigenvalue weighted by atomic mass is 35.5. The number of hydrogen-bond acceptors (Lipinski definition) is 5. The van der Waals surface area contributed by atoms with Gasteiger partial charge in [-0.1, -0.05) is 48.0 Å². The summed E-state index contributed by atoms with van der Waals surface area (Å²) in [4.78, 5) is 12.9. The Labute approximate surface area is 216 Å². The van der Waals surface area contributed by atoms with Gasteiger partial charge in [-0.15, -0.1) is 11.3 Å². The molecule has 0 bridgehead atoms. The minimum Gasteiger partial charge on any atom is -0.488 e. The molecule has 1 aromatic heterocycles. The zero-order valence-corrected chi connectivity index (χ0v) is 21.4. The minimum atomic E-state index is -4.50. The number of nitrogens with zero attached hydrogens (tertiary/aromatic N) is 1. The Balaban J connectivity index is 1.33. The van der Waals surface area contributed by atoms with Crippen LogP contribution in [0.5, 0.6) is 5.75 Å². The molecule has 11 heteroatoms. The van der Waals surface area contributed by atoms with E-state index in [1.165, 1.54) is 34.6 Å². The average Bonchev–Trinajstić information content (AvgIpc) is 3.52. The van der Waals surface area contributed by atoms with E-state index in [1.807, 2.05) is 0 Å². The van der Waals surface area contributed by atoms with Crippen LogP contribution >= 0.6 is 22.9 Å². The second kappa shape index (κ2) is 10.9. The van der Waals surface area contributed by atoms with Gasteiger partial charge in [-0.2, -0.15) is 17.5 Å². The molecule has 192 valence electrons. The van der Waals surface area contributed by atoms with Crippen molar-refractivity contribution >= 4 is 38.7 Å². The molecular weight excluding hydrogens is 535 g/mol. The lowest BCUT2D eigenvalue weighted by molar-refractivity contribution is -0.139. The van der Waals surface area contributed by atoms with E-state index in [4.69, 9.17) is 16.3 Å². The molecule has 0 aliphatic carbocycles. The number of thiophene rings is 1. The van der Waals surface area contributed by atoms with Gasteiger partial charge in [0.2, 0.25) is 0 Å². The number of carbonyl (C=O) groups is 1. The van der Waals surface area contributed by atoms with E-state index in [1.54, 1.807) is 24.3 Å². The highest BCUT2D eigenvalue weighted by Gasteiger charge is 2.39. The van der Waals surface area contributed by atoms with Crippen LogP contribution in [-0.2, 0) is 34.0 Å². The zero-order chi connectivity index (χ0) is 25.9. The van der Waals surface area contributed by atoms with Crippen LogP contribution in [-0.4, -0.2) is 31.1 Å². The summed E-state index contributed by atoms with van der Waals surface area (Å²) in [7, 11) is -3.78. The zero-order valence-electron chi connectivity index (χ0n) is 19.0. The summed E-state index contributed by atoms with van der Waals surface area (Å²) in [6.45, 7) is 0.258. The van der Waals surface area contributed by atoms with Gasteiger partial charge in [0.15, 0.2) is 5.78 Å². The van der Waals surface area contributed by atoms with Gasteiger partial charge in [-0.25, -0.2) is 8.42 Å². The topological polar surface area (TPSA) is 63.7 Å². The van der Waals surface area contributed by atoms with Crippen LogP contribution in [0.1, 0.15) is 36.0 Å². The number of ether oxygens (including phenoxy) is 1. The van der Waals surface area contributed by atoms with Crippen molar-refractivity contribution in [2.24, 2.45) is 0 Å². The molecule has 0 radical (unpaired) electrons. The fourth-order valence-corrected chi connectivity index (χ4v) is 7.42. The Bertz CT molecular complexity index is 1320. The van der Waals surface area contributed by atoms with Crippen LogP contribution in [0.3, 0.4) is 0 Å². The second-order valence-electron chi connectivity index (χ2n) is 8.40. The van der Waals surface area contributed by atoms with E-state index >= 15 is 0 Å². The smallest absolute Gasteiger partial charge is 0.419 e. The third kappa shape index (κ3) is 6.11. The summed E-state index contributed by atoms with van der Waals surface area (Å²) in [5.41, 5.74) is 0.718. The molecule has 2 aromatic carbocycles. The number of benzene rings is 2. The Morgan fingerprint density at radius 1 is 1.06 bits per heavy atom. The van der Waals surface area contributed by atoms with Gasteiger partial charge in [-0.3, -0.25) is 4.79 Å². The number of halogens is 4. The second-order valence-corrected chi connectivity index (χ2v) is 12.2. The maximum Gasteiger partial charge on any atom is 0.419 e. The molecular formula is C25H23ClF3NO4S2. The van der Waals surface area contributed by atoms with Crippen LogP contribution in [0.4, 0.5) is 13.2 Å². The van der Waals surface area contributed by atoms with Gasteiger partial charge < -0.3 is 4.74 Å². The number of alkyl halides is 3. The van der Waals surface area contributed by atoms with Gasteiger partial charge in [0.25, 0.3) is 10.0 Å². The fraction of sp³-hybridized carbons (Fsp3) is 0.320. The van der Waals surface area contributed by atoms with E-state index in [0.29, 0.717) is 35.7 Å². The van der Waals surface area contributed by atoms with Crippen LogP contribution in [0, 0.1) is 0 Å². The number of rotatable bonds is 9. The van der Waals surface area contributed by atoms with Gasteiger partial charge in [0.1, 0.15) is 16.6 Å². The van der Waals surface area contributed by atoms with Crippen molar-refractivity contribution in [3.63, 3.8) is 0 Å². The SMILES string of the molecule is O=C(CCc1ccc(COc2ccccc2C(F)(F)F)cc1)[C@@H]1CCCN1S(=O)(=O)c1ccc(Cl)s1. The van der Waals surface area contributed by atoms with Gasteiger partial charge in [0.05, 0.1) is 15.9 Å². The lowest BCUT2D eigenvalue weighted by atomic mass is 10.0. The van der Waals surface area contributed by atoms with Gasteiger partial charge >= 0.3 is 6.18 Å². The summed E-state index contributed by atoms with van der Waals surface area (Å²) < 4.78 is 72.4. The number of hydrogen-bond donors (Lipinski definition) is 0. The number of para-hydroxylation sites is 1. The molecule has 2 heterocycles. The molecule has 0 spiro atoms. The first kappa shape index (κ1) is 26.7. The number of aryl methyl sites for hydroxylation is 1. The molecule has 5 nitrogen and oxygen atoms in total. The molecule has 1 saturated heterocycles. The van der Waals surface area contributed by atoms with E-state index in [-0.39, 0.29) is 28.8 Å². The van der Waals surface area contributed by atoms with Gasteiger partial charge in [-0.05, 0) is 54.7 Å². The molecule has 1 atom stereocenters. The normalized spacial score (nSPS) is 16.8. The first-order valence-electron chi connectivity index (χ1n) is 11.2. The summed E-state index contributed by atoms with van der Waals surface area (Å²) in [5, 5.41) is 0. The van der Waals surface area contributed by atoms with Crippen molar-refractivity contribution in [2.45, 2.75) is 48.7 Å². The number of ketones is 1. The first-order valence-corrected chi connectivity index (χ1v) is 13.9. The molecule has 3 aromatic rings. The van der Waals surface area contributed by atoms with Crippen LogP contribution in [0.15, 0.2) is 64.9 Å². The summed E-state index contributed by atoms with van der Waals surface area (Å²) in [6, 6.07) is 14.4. The maximum atomic E-state index is 13.1. The molecule has 1 aliphatic heterocycles. The van der Waals surface area contributed by atoms with E-state index in [9.17, 15) is 26.4 Å². The van der Waals surface area contributed by atoms with Crippen LogP contribution in [0.25, 0.3) is 0 Å². The third-order valence-corrected chi connectivity index (χ3v) is 9.56. The third-order valence-electron chi connectivity index (χ3n) is 5.96. The highest BCUT2D eigenvalue weighted by Crippen LogP contribution is 2.36. The standard InChI is InChI=1S/C25H23ClF3NO4S2/c26-23-13-14-24(35-23)36(32,33)30-15-3-5-20(30)21(31)12-11-17-7-9-18(10-8-17)16-34-22-6-2-1-4-19(22)25(27,28)29/h1-2,4,6-10,13-14,20H,3,5,11-12,15-16H2/t20-/m0/s1. The Kier molecular flexibility index (Phi) is 8.09.